The number of ether oxygens (including phenoxy) is 1. The molecule has 0 radical (unpaired) electrons. The Morgan fingerprint density at radius 3 is 1.73 bits per heavy atom. The van der Waals surface area contributed by atoms with Crippen LogP contribution in [0.15, 0.2) is 0 Å². The molecular weight excluding hydrogens is 316 g/mol. The molecule has 0 unspecified atom stereocenters. The monoisotopic (exact) mass is 358 g/mol. The second kappa shape index (κ2) is 10.8. The molecule has 0 aromatic carbocycles. The molecule has 0 N–H and O–H groups in total. The molecule has 0 bridgehead atoms. The first-order chi connectivity index (χ1) is 12.7. The Hall–Kier alpha value is -0.480. The van der Waals surface area contributed by atoms with Gasteiger partial charge in [0.25, 0.3) is 0 Å². The van der Waals surface area contributed by atoms with Gasteiger partial charge in [-0.05, 0) is 101 Å². The van der Waals surface area contributed by atoms with Crippen molar-refractivity contribution in [3.63, 3.8) is 0 Å². The van der Waals surface area contributed by atoms with E-state index in [0.717, 1.165) is 24.4 Å². The molecule has 0 atom stereocenters. The standard InChI is InChI=1S/C25H42O/c1-3-4-19-26-25-17-15-24(16-18-25)23-13-11-22(12-14-23)10-9-21-7-5-20(2)6-8-21/h20-25H,3-8,11-19H2,1-2H3. The maximum Gasteiger partial charge on any atom is 0.0575 e. The molecule has 0 aromatic rings. The fourth-order valence-electron chi connectivity index (χ4n) is 5.50. The van der Waals surface area contributed by atoms with Crippen molar-refractivity contribution in [3.8, 4) is 11.8 Å². The minimum atomic E-state index is 0.568. The van der Waals surface area contributed by atoms with Crippen LogP contribution in [0.3, 0.4) is 0 Å². The van der Waals surface area contributed by atoms with Gasteiger partial charge in [0.2, 0.25) is 0 Å². The first-order valence-corrected chi connectivity index (χ1v) is 11.9. The molecule has 3 aliphatic rings. The van der Waals surface area contributed by atoms with E-state index in [9.17, 15) is 0 Å². The van der Waals surface area contributed by atoms with Crippen molar-refractivity contribution in [1.29, 1.82) is 0 Å². The highest BCUT2D eigenvalue weighted by Crippen LogP contribution is 2.40. The molecular formula is C25H42O. The molecule has 1 nitrogen and oxygen atoms in total. The normalized spacial score (nSPS) is 38.4. The average Bonchev–Trinajstić information content (AvgIpc) is 2.69. The van der Waals surface area contributed by atoms with E-state index in [-0.39, 0.29) is 0 Å². The Morgan fingerprint density at radius 2 is 1.19 bits per heavy atom. The first kappa shape index (κ1) is 20.3. The van der Waals surface area contributed by atoms with E-state index in [0.29, 0.717) is 17.9 Å². The van der Waals surface area contributed by atoms with E-state index in [1.165, 1.54) is 89.9 Å². The summed E-state index contributed by atoms with van der Waals surface area (Å²) in [4.78, 5) is 0. The van der Waals surface area contributed by atoms with Crippen molar-refractivity contribution >= 4 is 0 Å². The molecule has 0 amide bonds. The van der Waals surface area contributed by atoms with Gasteiger partial charge in [-0.15, -0.1) is 0 Å². The zero-order valence-corrected chi connectivity index (χ0v) is 17.5. The smallest absolute Gasteiger partial charge is 0.0575 e. The number of rotatable bonds is 5. The molecule has 3 aliphatic carbocycles. The second-order valence-corrected chi connectivity index (χ2v) is 9.62. The van der Waals surface area contributed by atoms with Crippen molar-refractivity contribution < 1.29 is 4.74 Å². The van der Waals surface area contributed by atoms with Crippen LogP contribution in [0.1, 0.15) is 104 Å². The van der Waals surface area contributed by atoms with Gasteiger partial charge in [-0.3, -0.25) is 0 Å². The van der Waals surface area contributed by atoms with Crippen LogP contribution >= 0.6 is 0 Å². The topological polar surface area (TPSA) is 9.23 Å². The highest BCUT2D eigenvalue weighted by atomic mass is 16.5. The maximum atomic E-state index is 6.05. The van der Waals surface area contributed by atoms with E-state index in [1.54, 1.807) is 0 Å². The summed E-state index contributed by atoms with van der Waals surface area (Å²) in [6.45, 7) is 5.63. The third kappa shape index (κ3) is 6.30. The van der Waals surface area contributed by atoms with Crippen LogP contribution in [0.2, 0.25) is 0 Å². The summed E-state index contributed by atoms with van der Waals surface area (Å²) < 4.78 is 6.05. The van der Waals surface area contributed by atoms with Crippen LogP contribution in [0.25, 0.3) is 0 Å². The van der Waals surface area contributed by atoms with E-state index >= 15 is 0 Å². The van der Waals surface area contributed by atoms with Gasteiger partial charge in [0.1, 0.15) is 0 Å². The van der Waals surface area contributed by atoms with Gasteiger partial charge in [0, 0.05) is 18.4 Å². The highest BCUT2D eigenvalue weighted by Gasteiger charge is 2.30. The molecule has 0 heterocycles. The average molecular weight is 359 g/mol. The lowest BCUT2D eigenvalue weighted by Crippen LogP contribution is -2.28. The number of hydrogen-bond acceptors (Lipinski definition) is 1. The fraction of sp³-hybridized carbons (Fsp3) is 0.920. The zero-order valence-electron chi connectivity index (χ0n) is 17.5. The molecule has 1 heteroatoms. The van der Waals surface area contributed by atoms with Gasteiger partial charge in [-0.25, -0.2) is 0 Å². The molecule has 0 aromatic heterocycles. The minimum Gasteiger partial charge on any atom is -0.378 e. The van der Waals surface area contributed by atoms with Crippen molar-refractivity contribution in [2.45, 2.75) is 110 Å². The molecule has 0 saturated heterocycles. The van der Waals surface area contributed by atoms with E-state index in [4.69, 9.17) is 4.74 Å². The summed E-state index contributed by atoms with van der Waals surface area (Å²) >= 11 is 0. The van der Waals surface area contributed by atoms with Gasteiger partial charge in [-0.2, -0.15) is 0 Å². The lowest BCUT2D eigenvalue weighted by atomic mass is 9.70. The maximum absolute atomic E-state index is 6.05. The lowest BCUT2D eigenvalue weighted by molar-refractivity contribution is 0.00654. The third-order valence-corrected chi connectivity index (χ3v) is 7.52. The van der Waals surface area contributed by atoms with Crippen LogP contribution in [-0.2, 0) is 4.74 Å². The van der Waals surface area contributed by atoms with Crippen LogP contribution in [-0.4, -0.2) is 12.7 Å². The summed E-state index contributed by atoms with van der Waals surface area (Å²) in [5.41, 5.74) is 0. The second-order valence-electron chi connectivity index (χ2n) is 9.62. The van der Waals surface area contributed by atoms with Crippen LogP contribution in [0.5, 0.6) is 0 Å². The predicted molar refractivity (Wildman–Crippen MR) is 111 cm³/mol. The molecule has 3 fully saturated rings. The van der Waals surface area contributed by atoms with Crippen molar-refractivity contribution in [2.24, 2.45) is 29.6 Å². The van der Waals surface area contributed by atoms with Gasteiger partial charge in [0.05, 0.1) is 6.10 Å². The summed E-state index contributed by atoms with van der Waals surface area (Å²) in [5, 5.41) is 0. The lowest BCUT2D eigenvalue weighted by Gasteiger charge is -2.37. The fourth-order valence-corrected chi connectivity index (χ4v) is 5.50. The van der Waals surface area contributed by atoms with Crippen LogP contribution in [0.4, 0.5) is 0 Å². The van der Waals surface area contributed by atoms with E-state index in [1.807, 2.05) is 0 Å². The number of hydrogen-bond donors (Lipinski definition) is 0. The molecule has 3 rings (SSSR count). The van der Waals surface area contributed by atoms with Gasteiger partial charge >= 0.3 is 0 Å². The molecule has 148 valence electrons. The van der Waals surface area contributed by atoms with E-state index < -0.39 is 0 Å². The van der Waals surface area contributed by atoms with Crippen LogP contribution in [0, 0.1) is 41.4 Å². The summed E-state index contributed by atoms with van der Waals surface area (Å²) in [6, 6.07) is 0. The zero-order chi connectivity index (χ0) is 18.2. The van der Waals surface area contributed by atoms with Gasteiger partial charge in [0.15, 0.2) is 0 Å². The minimum absolute atomic E-state index is 0.568. The van der Waals surface area contributed by atoms with Crippen molar-refractivity contribution in [1.82, 2.24) is 0 Å². The highest BCUT2D eigenvalue weighted by molar-refractivity contribution is 5.09. The quantitative estimate of drug-likeness (QED) is 0.380. The van der Waals surface area contributed by atoms with Gasteiger partial charge in [-0.1, -0.05) is 32.1 Å². The Morgan fingerprint density at radius 1 is 0.692 bits per heavy atom. The Balaban J connectivity index is 1.33. The third-order valence-electron chi connectivity index (χ3n) is 7.52. The van der Waals surface area contributed by atoms with Crippen LogP contribution < -0.4 is 0 Å². The Labute approximate surface area is 163 Å². The van der Waals surface area contributed by atoms with Gasteiger partial charge < -0.3 is 4.74 Å². The summed E-state index contributed by atoms with van der Waals surface area (Å²) in [5.74, 6) is 11.7. The molecule has 0 spiro atoms. The largest absolute Gasteiger partial charge is 0.378 e. The molecule has 3 saturated carbocycles. The predicted octanol–water partition coefficient (Wildman–Crippen LogP) is 7.00. The Kier molecular flexibility index (Phi) is 8.38. The molecule has 26 heavy (non-hydrogen) atoms. The summed E-state index contributed by atoms with van der Waals surface area (Å²) in [7, 11) is 0. The van der Waals surface area contributed by atoms with Crippen molar-refractivity contribution in [3.05, 3.63) is 0 Å². The first-order valence-electron chi connectivity index (χ1n) is 11.9. The molecule has 0 aliphatic heterocycles. The Bertz CT molecular complexity index is 435. The van der Waals surface area contributed by atoms with Crippen molar-refractivity contribution in [2.75, 3.05) is 6.61 Å². The SMILES string of the molecule is CCCCOC1CCC(C2CCC(C#CC3CCC(C)CC3)CC2)CC1. The summed E-state index contributed by atoms with van der Waals surface area (Å²) in [6.07, 6.45) is 19.6. The number of unbranched alkanes of at least 4 members (excludes halogenated alkanes) is 1. The van der Waals surface area contributed by atoms with E-state index in [2.05, 4.69) is 25.7 Å².